The Hall–Kier alpha value is -8.19. The van der Waals surface area contributed by atoms with Gasteiger partial charge in [0.2, 0.25) is 9.84 Å². The van der Waals surface area contributed by atoms with E-state index in [4.69, 9.17) is 15.0 Å². The first-order valence-corrected chi connectivity index (χ1v) is 21.2. The molecule has 0 aliphatic carbocycles. The van der Waals surface area contributed by atoms with E-state index in [1.54, 1.807) is 12.1 Å². The third-order valence-electron chi connectivity index (χ3n) is 11.2. The van der Waals surface area contributed by atoms with Gasteiger partial charge in [-0.15, -0.1) is 0 Å². The van der Waals surface area contributed by atoms with Crippen LogP contribution >= 0.6 is 0 Å². The minimum Gasteiger partial charge on any atom is -0.309 e. The molecule has 0 radical (unpaired) electrons. The number of para-hydroxylation sites is 2. The van der Waals surface area contributed by atoms with Crippen molar-refractivity contribution in [1.82, 2.24) is 24.1 Å². The highest BCUT2D eigenvalue weighted by Crippen LogP contribution is 2.40. The van der Waals surface area contributed by atoms with Crippen molar-refractivity contribution in [2.24, 2.45) is 0 Å². The number of rotatable bonds is 7. The Bertz CT molecular complexity index is 3570. The van der Waals surface area contributed by atoms with Crippen LogP contribution < -0.4 is 0 Å². The molecule has 0 N–H and O–H groups in total. The fraction of sp³-hybridized carbons (Fsp3) is 0. The number of nitrogens with zero attached hydrogens (tertiary/aromatic N) is 6. The maximum atomic E-state index is 13.6. The van der Waals surface area contributed by atoms with Crippen LogP contribution in [-0.2, 0) is 9.84 Å². The lowest BCUT2D eigenvalue weighted by Gasteiger charge is -2.12. The fourth-order valence-corrected chi connectivity index (χ4v) is 9.56. The van der Waals surface area contributed by atoms with Crippen molar-refractivity contribution < 1.29 is 8.42 Å². The summed E-state index contributed by atoms with van der Waals surface area (Å²) < 4.78 is 31.7. The number of aromatic nitrogens is 5. The average Bonchev–Trinajstić information content (AvgIpc) is 3.83. The lowest BCUT2D eigenvalue weighted by Crippen LogP contribution is -2.03. The summed E-state index contributed by atoms with van der Waals surface area (Å²) >= 11 is 0. The molecule has 0 aliphatic heterocycles. The molecule has 0 saturated heterocycles. The Kier molecular flexibility index (Phi) is 8.41. The minimum atomic E-state index is -3.80. The van der Waals surface area contributed by atoms with Gasteiger partial charge in [0.15, 0.2) is 17.5 Å². The molecule has 61 heavy (non-hydrogen) atoms. The van der Waals surface area contributed by atoms with E-state index in [1.807, 2.05) is 91.0 Å². The van der Waals surface area contributed by atoms with E-state index >= 15 is 0 Å². The smallest absolute Gasteiger partial charge is 0.206 e. The first kappa shape index (κ1) is 35.9. The lowest BCUT2D eigenvalue weighted by atomic mass is 10.1. The molecule has 0 amide bonds. The van der Waals surface area contributed by atoms with Gasteiger partial charge in [0, 0.05) is 49.6 Å². The molecule has 0 atom stereocenters. The molecule has 3 aromatic heterocycles. The Morgan fingerprint density at radius 2 is 0.787 bits per heavy atom. The second-order valence-electron chi connectivity index (χ2n) is 14.8. The van der Waals surface area contributed by atoms with Gasteiger partial charge in [0.05, 0.1) is 43.5 Å². The zero-order valence-electron chi connectivity index (χ0n) is 32.4. The summed E-state index contributed by atoms with van der Waals surface area (Å²) in [4.78, 5) is 15.1. The summed E-state index contributed by atoms with van der Waals surface area (Å²) in [6.45, 7) is 0. The third-order valence-corrected chi connectivity index (χ3v) is 13.0. The molecule has 9 heteroatoms. The van der Waals surface area contributed by atoms with Crippen LogP contribution in [-0.4, -0.2) is 32.5 Å². The summed E-state index contributed by atoms with van der Waals surface area (Å²) in [6, 6.07) is 64.6. The Morgan fingerprint density at radius 1 is 0.393 bits per heavy atom. The monoisotopic (exact) mass is 804 g/mol. The Morgan fingerprint density at radius 3 is 1.25 bits per heavy atom. The maximum absolute atomic E-state index is 13.6. The topological polar surface area (TPSA) is 106 Å². The van der Waals surface area contributed by atoms with Crippen LogP contribution in [0.4, 0.5) is 0 Å². The summed E-state index contributed by atoms with van der Waals surface area (Å²) in [5.41, 5.74) is 9.02. The van der Waals surface area contributed by atoms with E-state index in [9.17, 15) is 13.7 Å². The quantitative estimate of drug-likeness (QED) is 0.159. The SMILES string of the molecule is N#Cc1ccc(S(=O)(=O)c2ccc(-n3c4ccccc4c4cc5c6ccccc6n(-c6ccc(-c7nc(-c8ccccc8)nc(-c8ccccc8)n7)cc6)c5cc43)cc2)cc1. The summed E-state index contributed by atoms with van der Waals surface area (Å²) in [5, 5.41) is 13.6. The molecule has 0 fully saturated rings. The highest BCUT2D eigenvalue weighted by atomic mass is 32.2. The van der Waals surface area contributed by atoms with Gasteiger partial charge in [-0.25, -0.2) is 23.4 Å². The summed E-state index contributed by atoms with van der Waals surface area (Å²) in [5.74, 6) is 1.80. The molecule has 0 unspecified atom stereocenters. The van der Waals surface area contributed by atoms with Crippen molar-refractivity contribution in [3.8, 4) is 51.6 Å². The highest BCUT2D eigenvalue weighted by Gasteiger charge is 2.21. The molecule has 11 aromatic rings. The summed E-state index contributed by atoms with van der Waals surface area (Å²) in [6.07, 6.45) is 0. The average molecular weight is 805 g/mol. The normalized spacial score (nSPS) is 11.7. The van der Waals surface area contributed by atoms with Gasteiger partial charge in [-0.05, 0) is 97.1 Å². The van der Waals surface area contributed by atoms with Crippen LogP contribution in [0.25, 0.3) is 89.2 Å². The predicted octanol–water partition coefficient (Wildman–Crippen LogP) is 11.8. The van der Waals surface area contributed by atoms with Gasteiger partial charge in [-0.2, -0.15) is 5.26 Å². The van der Waals surface area contributed by atoms with Crippen LogP contribution in [0.1, 0.15) is 5.56 Å². The van der Waals surface area contributed by atoms with E-state index in [2.05, 4.69) is 81.9 Å². The van der Waals surface area contributed by atoms with E-state index in [1.165, 1.54) is 24.3 Å². The maximum Gasteiger partial charge on any atom is 0.206 e. The number of hydrogen-bond acceptors (Lipinski definition) is 6. The number of hydrogen-bond donors (Lipinski definition) is 0. The van der Waals surface area contributed by atoms with Crippen molar-refractivity contribution >= 4 is 53.4 Å². The van der Waals surface area contributed by atoms with E-state index in [0.29, 0.717) is 23.0 Å². The largest absolute Gasteiger partial charge is 0.309 e. The van der Waals surface area contributed by atoms with Crippen LogP contribution in [0.15, 0.2) is 204 Å². The zero-order valence-corrected chi connectivity index (χ0v) is 33.2. The Labute approximate surface area is 350 Å². The molecule has 0 aliphatic rings. The van der Waals surface area contributed by atoms with Gasteiger partial charge in [-0.3, -0.25) is 0 Å². The van der Waals surface area contributed by atoms with E-state index < -0.39 is 9.84 Å². The molecule has 11 rings (SSSR count). The van der Waals surface area contributed by atoms with Gasteiger partial charge in [0.25, 0.3) is 0 Å². The molecule has 288 valence electrons. The molecule has 8 nitrogen and oxygen atoms in total. The van der Waals surface area contributed by atoms with Crippen LogP contribution in [0.3, 0.4) is 0 Å². The third kappa shape index (κ3) is 6.05. The van der Waals surface area contributed by atoms with Crippen LogP contribution in [0.5, 0.6) is 0 Å². The van der Waals surface area contributed by atoms with Gasteiger partial charge >= 0.3 is 0 Å². The standard InChI is InChI=1S/C52H32N6O2S/c53-33-34-19-27-40(28-20-34)61(59,60)41-29-25-39(26-30-41)58-47-18-10-8-16-43(47)45-31-44-42-15-7-9-17-46(42)57(48(44)32-49(45)58)38-23-21-37(22-24-38)52-55-50(35-11-3-1-4-12-35)54-51(56-52)36-13-5-2-6-14-36/h1-32H. The molecule has 0 saturated carbocycles. The number of fused-ring (bicyclic) bond motifs is 6. The minimum absolute atomic E-state index is 0.140. The molecule has 8 aromatic carbocycles. The van der Waals surface area contributed by atoms with E-state index in [-0.39, 0.29) is 9.79 Å². The predicted molar refractivity (Wildman–Crippen MR) is 241 cm³/mol. The first-order chi connectivity index (χ1) is 29.9. The Balaban J connectivity index is 1.05. The van der Waals surface area contributed by atoms with Gasteiger partial charge in [-0.1, -0.05) is 97.1 Å². The van der Waals surface area contributed by atoms with Gasteiger partial charge < -0.3 is 9.13 Å². The molecular weight excluding hydrogens is 773 g/mol. The zero-order chi connectivity index (χ0) is 41.1. The highest BCUT2D eigenvalue weighted by molar-refractivity contribution is 7.91. The summed E-state index contributed by atoms with van der Waals surface area (Å²) in [7, 11) is -3.80. The van der Waals surface area contributed by atoms with Gasteiger partial charge in [0.1, 0.15) is 0 Å². The van der Waals surface area contributed by atoms with Crippen LogP contribution in [0, 0.1) is 11.3 Å². The second-order valence-corrected chi connectivity index (χ2v) is 16.8. The molecule has 0 spiro atoms. The van der Waals surface area contributed by atoms with E-state index in [0.717, 1.165) is 71.7 Å². The van der Waals surface area contributed by atoms with Crippen molar-refractivity contribution in [2.75, 3.05) is 0 Å². The van der Waals surface area contributed by atoms with Crippen LogP contribution in [0.2, 0.25) is 0 Å². The lowest BCUT2D eigenvalue weighted by molar-refractivity contribution is 0.596. The van der Waals surface area contributed by atoms with Crippen molar-refractivity contribution in [1.29, 1.82) is 5.26 Å². The molecule has 3 heterocycles. The molecule has 0 bridgehead atoms. The van der Waals surface area contributed by atoms with Crippen molar-refractivity contribution in [2.45, 2.75) is 9.79 Å². The first-order valence-electron chi connectivity index (χ1n) is 19.7. The second kappa shape index (κ2) is 14.3. The molecular formula is C52H32N6O2S. The van der Waals surface area contributed by atoms with Crippen molar-refractivity contribution in [3.63, 3.8) is 0 Å². The number of benzene rings is 8. The number of nitriles is 1. The number of sulfone groups is 1. The fourth-order valence-electron chi connectivity index (χ4n) is 8.30. The van der Waals surface area contributed by atoms with Crippen molar-refractivity contribution in [3.05, 3.63) is 200 Å².